The van der Waals surface area contributed by atoms with Gasteiger partial charge in [0, 0.05) is 37.3 Å². The van der Waals surface area contributed by atoms with Gasteiger partial charge in [0.25, 0.3) is 11.8 Å². The third-order valence-corrected chi connectivity index (χ3v) is 4.60. The van der Waals surface area contributed by atoms with Crippen LogP contribution in [-0.2, 0) is 0 Å². The van der Waals surface area contributed by atoms with Crippen molar-refractivity contribution in [2.24, 2.45) is 0 Å². The number of hydrogen-bond acceptors (Lipinski definition) is 4. The van der Waals surface area contributed by atoms with E-state index in [0.717, 1.165) is 39.3 Å². The van der Waals surface area contributed by atoms with Gasteiger partial charge in [0.1, 0.15) is 0 Å². The summed E-state index contributed by atoms with van der Waals surface area (Å²) in [5.74, 6) is -0.287. The van der Waals surface area contributed by atoms with E-state index in [1.54, 1.807) is 24.3 Å². The maximum absolute atomic E-state index is 12.3. The van der Waals surface area contributed by atoms with E-state index in [0.29, 0.717) is 24.2 Å². The number of likely N-dealkylation sites (N-methyl/N-ethyl adjacent to an activating group) is 2. The molecule has 0 saturated carbocycles. The second-order valence-corrected chi connectivity index (χ2v) is 6.15. The van der Waals surface area contributed by atoms with Gasteiger partial charge in [-0.3, -0.25) is 9.59 Å². The van der Waals surface area contributed by atoms with Crippen LogP contribution >= 0.6 is 0 Å². The average molecular weight is 363 g/mol. The molecule has 6 nitrogen and oxygen atoms in total. The van der Waals surface area contributed by atoms with E-state index in [1.807, 2.05) is 0 Å². The van der Waals surface area contributed by atoms with Gasteiger partial charge in [-0.05, 0) is 44.4 Å². The van der Waals surface area contributed by atoms with E-state index >= 15 is 0 Å². The van der Waals surface area contributed by atoms with Crippen molar-refractivity contribution in [1.82, 2.24) is 20.4 Å². The zero-order valence-electron chi connectivity index (χ0n) is 16.7. The molecule has 0 bridgehead atoms. The van der Waals surface area contributed by atoms with Crippen LogP contribution in [0.2, 0.25) is 0 Å². The van der Waals surface area contributed by atoms with Crippen LogP contribution in [0.15, 0.2) is 24.3 Å². The molecular weight excluding hydrogens is 328 g/mol. The zero-order chi connectivity index (χ0) is 19.4. The molecule has 26 heavy (non-hydrogen) atoms. The number of amides is 2. The number of benzene rings is 1. The molecule has 146 valence electrons. The first-order chi connectivity index (χ1) is 12.5. The molecule has 1 aromatic rings. The molecule has 0 aliphatic rings. The fourth-order valence-electron chi connectivity index (χ4n) is 2.74. The number of nitrogens with one attached hydrogen (secondary N) is 2. The Morgan fingerprint density at radius 2 is 1.15 bits per heavy atom. The van der Waals surface area contributed by atoms with E-state index in [9.17, 15) is 9.59 Å². The Labute approximate surface area is 157 Å². The highest BCUT2D eigenvalue weighted by molar-refractivity contribution is 5.99. The minimum atomic E-state index is -0.144. The summed E-state index contributed by atoms with van der Waals surface area (Å²) in [6.45, 7) is 15.1. The monoisotopic (exact) mass is 362 g/mol. The van der Waals surface area contributed by atoms with Crippen LogP contribution in [0.3, 0.4) is 0 Å². The van der Waals surface area contributed by atoms with Crippen molar-refractivity contribution < 1.29 is 9.59 Å². The van der Waals surface area contributed by atoms with E-state index in [2.05, 4.69) is 48.1 Å². The van der Waals surface area contributed by atoms with E-state index in [1.165, 1.54) is 0 Å². The first kappa shape index (κ1) is 22.1. The SMILES string of the molecule is CCN(CC)CCNC(=O)c1cccc(C(=O)NCCN(CC)CC)c1. The largest absolute Gasteiger partial charge is 0.351 e. The van der Waals surface area contributed by atoms with Crippen LogP contribution in [0.4, 0.5) is 0 Å². The Balaban J connectivity index is 2.52. The van der Waals surface area contributed by atoms with Crippen molar-refractivity contribution in [2.75, 3.05) is 52.4 Å². The van der Waals surface area contributed by atoms with Gasteiger partial charge in [-0.1, -0.05) is 33.8 Å². The van der Waals surface area contributed by atoms with Crippen LogP contribution in [0.5, 0.6) is 0 Å². The molecule has 0 spiro atoms. The molecule has 0 radical (unpaired) electrons. The van der Waals surface area contributed by atoms with Gasteiger partial charge < -0.3 is 20.4 Å². The van der Waals surface area contributed by atoms with Crippen molar-refractivity contribution in [1.29, 1.82) is 0 Å². The molecule has 1 rings (SSSR count). The van der Waals surface area contributed by atoms with E-state index in [4.69, 9.17) is 0 Å². The van der Waals surface area contributed by atoms with Crippen molar-refractivity contribution in [3.8, 4) is 0 Å². The summed E-state index contributed by atoms with van der Waals surface area (Å²) >= 11 is 0. The predicted octanol–water partition coefficient (Wildman–Crippen LogP) is 1.83. The highest BCUT2D eigenvalue weighted by Crippen LogP contribution is 2.05. The van der Waals surface area contributed by atoms with Crippen molar-refractivity contribution >= 4 is 11.8 Å². The highest BCUT2D eigenvalue weighted by Gasteiger charge is 2.11. The molecule has 0 aliphatic heterocycles. The Hall–Kier alpha value is -1.92. The van der Waals surface area contributed by atoms with Crippen LogP contribution in [0.1, 0.15) is 48.4 Å². The number of hydrogen-bond donors (Lipinski definition) is 2. The summed E-state index contributed by atoms with van der Waals surface area (Å²) in [6, 6.07) is 6.87. The van der Waals surface area contributed by atoms with E-state index < -0.39 is 0 Å². The highest BCUT2D eigenvalue weighted by atomic mass is 16.2. The lowest BCUT2D eigenvalue weighted by atomic mass is 10.1. The van der Waals surface area contributed by atoms with Gasteiger partial charge in [0.05, 0.1) is 0 Å². The summed E-state index contributed by atoms with van der Waals surface area (Å²) < 4.78 is 0. The second-order valence-electron chi connectivity index (χ2n) is 6.15. The smallest absolute Gasteiger partial charge is 0.251 e. The van der Waals surface area contributed by atoms with Crippen LogP contribution < -0.4 is 10.6 Å². The van der Waals surface area contributed by atoms with Crippen molar-refractivity contribution in [3.63, 3.8) is 0 Å². The average Bonchev–Trinajstić information content (AvgIpc) is 2.68. The maximum Gasteiger partial charge on any atom is 0.251 e. The zero-order valence-corrected chi connectivity index (χ0v) is 16.7. The molecule has 0 unspecified atom stereocenters. The van der Waals surface area contributed by atoms with Crippen LogP contribution in [-0.4, -0.2) is 74.0 Å². The molecule has 0 atom stereocenters. The molecule has 6 heteroatoms. The normalized spacial score (nSPS) is 11.0. The van der Waals surface area contributed by atoms with Gasteiger partial charge in [0.15, 0.2) is 0 Å². The minimum absolute atomic E-state index is 0.144. The lowest BCUT2D eigenvalue weighted by Gasteiger charge is -2.18. The van der Waals surface area contributed by atoms with Crippen molar-refractivity contribution in [2.45, 2.75) is 27.7 Å². The lowest BCUT2D eigenvalue weighted by molar-refractivity contribution is 0.0948. The minimum Gasteiger partial charge on any atom is -0.351 e. The Morgan fingerprint density at radius 1 is 0.769 bits per heavy atom. The lowest BCUT2D eigenvalue weighted by Crippen LogP contribution is -2.35. The van der Waals surface area contributed by atoms with Crippen LogP contribution in [0, 0.1) is 0 Å². The quantitative estimate of drug-likeness (QED) is 0.595. The number of nitrogens with zero attached hydrogens (tertiary/aromatic N) is 2. The standard InChI is InChI=1S/C20H34N4O2/c1-5-23(6-2)14-12-21-19(25)17-10-9-11-18(16-17)20(26)22-13-15-24(7-3)8-4/h9-11,16H,5-8,12-15H2,1-4H3,(H,21,25)(H,22,26). The van der Waals surface area contributed by atoms with Gasteiger partial charge in [0.2, 0.25) is 0 Å². The first-order valence-electron chi connectivity index (χ1n) is 9.66. The third-order valence-electron chi connectivity index (χ3n) is 4.60. The molecule has 2 amide bonds. The molecule has 0 aromatic heterocycles. The maximum atomic E-state index is 12.3. The van der Waals surface area contributed by atoms with Gasteiger partial charge in [-0.2, -0.15) is 0 Å². The molecule has 0 saturated heterocycles. The summed E-state index contributed by atoms with van der Waals surface area (Å²) in [5.41, 5.74) is 1.03. The molecule has 0 heterocycles. The molecular formula is C20H34N4O2. The third kappa shape index (κ3) is 7.54. The summed E-state index contributed by atoms with van der Waals surface area (Å²) in [6.07, 6.45) is 0. The fourth-order valence-corrected chi connectivity index (χ4v) is 2.74. The number of rotatable bonds is 12. The molecule has 0 fully saturated rings. The van der Waals surface area contributed by atoms with Crippen molar-refractivity contribution in [3.05, 3.63) is 35.4 Å². The second kappa shape index (κ2) is 12.4. The number of carbonyl (C=O) groups excluding carboxylic acids is 2. The van der Waals surface area contributed by atoms with E-state index in [-0.39, 0.29) is 11.8 Å². The van der Waals surface area contributed by atoms with Gasteiger partial charge >= 0.3 is 0 Å². The summed E-state index contributed by atoms with van der Waals surface area (Å²) in [7, 11) is 0. The predicted molar refractivity (Wildman–Crippen MR) is 107 cm³/mol. The van der Waals surface area contributed by atoms with Gasteiger partial charge in [-0.15, -0.1) is 0 Å². The molecule has 1 aromatic carbocycles. The molecule has 2 N–H and O–H groups in total. The number of carbonyl (C=O) groups is 2. The fraction of sp³-hybridized carbons (Fsp3) is 0.600. The molecule has 0 aliphatic carbocycles. The Bertz CT molecular complexity index is 509. The Kier molecular flexibility index (Phi) is 10.6. The first-order valence-corrected chi connectivity index (χ1v) is 9.66. The van der Waals surface area contributed by atoms with Gasteiger partial charge in [-0.25, -0.2) is 0 Å². The topological polar surface area (TPSA) is 64.7 Å². The Morgan fingerprint density at radius 3 is 1.50 bits per heavy atom. The van der Waals surface area contributed by atoms with Crippen LogP contribution in [0.25, 0.3) is 0 Å². The summed E-state index contributed by atoms with van der Waals surface area (Å²) in [4.78, 5) is 29.1. The summed E-state index contributed by atoms with van der Waals surface area (Å²) in [5, 5.41) is 5.84.